The zero-order valence-corrected chi connectivity index (χ0v) is 18.6. The number of carbonyl (C=O) groups is 1. The quantitative estimate of drug-likeness (QED) is 0.698. The summed E-state index contributed by atoms with van der Waals surface area (Å²) in [5, 5.41) is 19.2. The van der Waals surface area contributed by atoms with Crippen LogP contribution in [0.1, 0.15) is 56.5 Å². The average Bonchev–Trinajstić information content (AvgIpc) is 2.71. The first-order valence-electron chi connectivity index (χ1n) is 10.5. The molecule has 0 bridgehead atoms. The zero-order chi connectivity index (χ0) is 23.7. The Bertz CT molecular complexity index is 956. The van der Waals surface area contributed by atoms with Gasteiger partial charge in [-0.2, -0.15) is 18.3 Å². The molecular weight excluding hydrogens is 423 g/mol. The summed E-state index contributed by atoms with van der Waals surface area (Å²) >= 11 is 0. The second-order valence-corrected chi connectivity index (χ2v) is 9.15. The molecule has 1 unspecified atom stereocenters. The van der Waals surface area contributed by atoms with Crippen molar-refractivity contribution in [3.8, 4) is 11.3 Å². The predicted octanol–water partition coefficient (Wildman–Crippen LogP) is 5.15. The minimum absolute atomic E-state index is 0.220. The molecule has 1 aliphatic rings. The Balaban J connectivity index is 1.73. The predicted molar refractivity (Wildman–Crippen MR) is 113 cm³/mol. The molecule has 0 spiro atoms. The highest BCUT2D eigenvalue weighted by Crippen LogP contribution is 2.33. The molecule has 174 valence electrons. The summed E-state index contributed by atoms with van der Waals surface area (Å²) in [6, 6.07) is 6.42. The molecular formula is C23H28F3N3O3. The number of benzene rings is 1. The smallest absolute Gasteiger partial charge is 0.416 e. The fourth-order valence-corrected chi connectivity index (χ4v) is 3.75. The van der Waals surface area contributed by atoms with Gasteiger partial charge in [0.05, 0.1) is 17.0 Å². The van der Waals surface area contributed by atoms with Crippen molar-refractivity contribution in [3.05, 3.63) is 47.2 Å². The number of nitrogens with zero attached hydrogens (tertiary/aromatic N) is 3. The van der Waals surface area contributed by atoms with E-state index in [1.165, 1.54) is 12.1 Å². The first kappa shape index (κ1) is 24.0. The molecule has 1 aromatic heterocycles. The number of alkyl halides is 3. The second kappa shape index (κ2) is 9.05. The highest BCUT2D eigenvalue weighted by Gasteiger charge is 2.33. The van der Waals surface area contributed by atoms with Crippen molar-refractivity contribution in [3.63, 3.8) is 0 Å². The first-order valence-corrected chi connectivity index (χ1v) is 10.5. The van der Waals surface area contributed by atoms with Crippen LogP contribution < -0.4 is 0 Å². The highest BCUT2D eigenvalue weighted by atomic mass is 19.4. The Morgan fingerprint density at radius 3 is 2.41 bits per heavy atom. The summed E-state index contributed by atoms with van der Waals surface area (Å²) < 4.78 is 43.8. The third kappa shape index (κ3) is 5.76. The number of likely N-dealkylation sites (tertiary alicyclic amines) is 1. The van der Waals surface area contributed by atoms with Crippen LogP contribution in [0.5, 0.6) is 0 Å². The minimum atomic E-state index is -4.40. The molecule has 3 rings (SSSR count). The van der Waals surface area contributed by atoms with E-state index >= 15 is 0 Å². The van der Waals surface area contributed by atoms with Gasteiger partial charge >= 0.3 is 12.3 Å². The van der Waals surface area contributed by atoms with E-state index in [0.717, 1.165) is 25.0 Å². The van der Waals surface area contributed by atoms with Crippen molar-refractivity contribution in [2.75, 3.05) is 13.1 Å². The van der Waals surface area contributed by atoms with Gasteiger partial charge in [-0.25, -0.2) is 4.79 Å². The molecule has 2 aromatic rings. The standard InChI is InChI=1S/C23H28F3N3O3/c1-14-12-18(27-28-19(14)15-7-9-17(10-8-15)23(24,25)26)20(30)16-6-5-11-29(13-16)21(31)32-22(2,3)4/h7-10,12,16,20,30H,5-6,11,13H2,1-4H3/t16?,20-/m1/s1. The number of rotatable bonds is 3. The molecule has 0 aliphatic carbocycles. The molecule has 1 saturated heterocycles. The average molecular weight is 451 g/mol. The largest absolute Gasteiger partial charge is 0.444 e. The number of aliphatic hydroxyl groups excluding tert-OH is 1. The lowest BCUT2D eigenvalue weighted by atomic mass is 9.90. The summed E-state index contributed by atoms with van der Waals surface area (Å²) in [5.41, 5.74) is 0.694. The number of hydrogen-bond donors (Lipinski definition) is 1. The van der Waals surface area contributed by atoms with E-state index in [1.54, 1.807) is 38.7 Å². The van der Waals surface area contributed by atoms with Crippen LogP contribution in [0.2, 0.25) is 0 Å². The number of aliphatic hydroxyl groups is 1. The maximum absolute atomic E-state index is 12.8. The van der Waals surface area contributed by atoms with Crippen LogP contribution >= 0.6 is 0 Å². The monoisotopic (exact) mass is 451 g/mol. The van der Waals surface area contributed by atoms with Crippen molar-refractivity contribution in [2.24, 2.45) is 5.92 Å². The fraction of sp³-hybridized carbons (Fsp3) is 0.522. The van der Waals surface area contributed by atoms with E-state index in [2.05, 4.69) is 10.2 Å². The van der Waals surface area contributed by atoms with Gasteiger partial charge < -0.3 is 14.7 Å². The topological polar surface area (TPSA) is 75.5 Å². The number of ether oxygens (including phenoxy) is 1. The van der Waals surface area contributed by atoms with Gasteiger partial charge in [-0.15, -0.1) is 5.10 Å². The number of aromatic nitrogens is 2. The first-order chi connectivity index (χ1) is 14.8. The molecule has 9 heteroatoms. The zero-order valence-electron chi connectivity index (χ0n) is 18.6. The summed E-state index contributed by atoms with van der Waals surface area (Å²) in [5.74, 6) is -0.220. The fourth-order valence-electron chi connectivity index (χ4n) is 3.75. The van der Waals surface area contributed by atoms with Crippen LogP contribution in [-0.4, -0.2) is 45.0 Å². The van der Waals surface area contributed by atoms with Crippen LogP contribution in [0.4, 0.5) is 18.0 Å². The van der Waals surface area contributed by atoms with Crippen molar-refractivity contribution < 1.29 is 27.8 Å². The summed E-state index contributed by atoms with van der Waals surface area (Å²) in [6.07, 6.45) is -4.28. The van der Waals surface area contributed by atoms with Gasteiger partial charge in [0.2, 0.25) is 0 Å². The molecule has 32 heavy (non-hydrogen) atoms. The summed E-state index contributed by atoms with van der Waals surface area (Å²) in [7, 11) is 0. The maximum Gasteiger partial charge on any atom is 0.416 e. The number of carbonyl (C=O) groups excluding carboxylic acids is 1. The summed E-state index contributed by atoms with van der Waals surface area (Å²) in [6.45, 7) is 8.09. The number of aryl methyl sites for hydroxylation is 1. The van der Waals surface area contributed by atoms with Crippen molar-refractivity contribution >= 4 is 6.09 Å². The normalized spacial score (nSPS) is 18.4. The van der Waals surface area contributed by atoms with E-state index in [-0.39, 0.29) is 5.92 Å². The Hall–Kier alpha value is -2.68. The molecule has 1 fully saturated rings. The Kier molecular flexibility index (Phi) is 6.78. The van der Waals surface area contributed by atoms with Crippen LogP contribution in [0.3, 0.4) is 0 Å². The van der Waals surface area contributed by atoms with E-state index in [1.807, 2.05) is 0 Å². The van der Waals surface area contributed by atoms with Gasteiger partial charge in [0.15, 0.2) is 0 Å². The van der Waals surface area contributed by atoms with Gasteiger partial charge in [0, 0.05) is 24.6 Å². The SMILES string of the molecule is Cc1cc([C@H](O)C2CCCN(C(=O)OC(C)(C)C)C2)nnc1-c1ccc(C(F)(F)F)cc1. The third-order valence-corrected chi connectivity index (χ3v) is 5.35. The number of amides is 1. The molecule has 0 saturated carbocycles. The van der Waals surface area contributed by atoms with Gasteiger partial charge in [0.1, 0.15) is 11.7 Å². The maximum atomic E-state index is 12.8. The third-order valence-electron chi connectivity index (χ3n) is 5.35. The van der Waals surface area contributed by atoms with Crippen molar-refractivity contribution in [2.45, 2.75) is 58.4 Å². The lowest BCUT2D eigenvalue weighted by Gasteiger charge is -2.35. The van der Waals surface area contributed by atoms with Crippen LogP contribution in [0, 0.1) is 12.8 Å². The molecule has 2 atom stereocenters. The molecule has 1 N–H and O–H groups in total. The van der Waals surface area contributed by atoms with Gasteiger partial charge in [-0.05, 0) is 64.3 Å². The molecule has 2 heterocycles. The van der Waals surface area contributed by atoms with E-state index in [9.17, 15) is 23.1 Å². The van der Waals surface area contributed by atoms with Crippen LogP contribution in [0.15, 0.2) is 30.3 Å². The second-order valence-electron chi connectivity index (χ2n) is 9.15. The number of piperidine rings is 1. The van der Waals surface area contributed by atoms with Gasteiger partial charge in [-0.3, -0.25) is 0 Å². The van der Waals surface area contributed by atoms with E-state index < -0.39 is 29.5 Å². The number of hydrogen-bond acceptors (Lipinski definition) is 5. The molecule has 1 aliphatic heterocycles. The molecule has 0 radical (unpaired) electrons. The van der Waals surface area contributed by atoms with Crippen molar-refractivity contribution in [1.29, 1.82) is 0 Å². The lowest BCUT2D eigenvalue weighted by molar-refractivity contribution is -0.137. The van der Waals surface area contributed by atoms with Crippen LogP contribution in [-0.2, 0) is 10.9 Å². The van der Waals surface area contributed by atoms with E-state index in [4.69, 9.17) is 4.74 Å². The lowest BCUT2D eigenvalue weighted by Crippen LogP contribution is -2.44. The molecule has 1 aromatic carbocycles. The van der Waals surface area contributed by atoms with Gasteiger partial charge in [0.25, 0.3) is 0 Å². The van der Waals surface area contributed by atoms with E-state index in [0.29, 0.717) is 35.6 Å². The van der Waals surface area contributed by atoms with Crippen molar-refractivity contribution in [1.82, 2.24) is 15.1 Å². The number of halogens is 3. The minimum Gasteiger partial charge on any atom is -0.444 e. The molecule has 1 amide bonds. The molecule has 6 nitrogen and oxygen atoms in total. The highest BCUT2D eigenvalue weighted by molar-refractivity contribution is 5.68. The Morgan fingerprint density at radius 2 is 1.84 bits per heavy atom. The van der Waals surface area contributed by atoms with Gasteiger partial charge in [-0.1, -0.05) is 12.1 Å². The summed E-state index contributed by atoms with van der Waals surface area (Å²) in [4.78, 5) is 14.0. The Morgan fingerprint density at radius 1 is 1.19 bits per heavy atom. The Labute approximate surface area is 185 Å². The van der Waals surface area contributed by atoms with Crippen LogP contribution in [0.25, 0.3) is 11.3 Å².